The van der Waals surface area contributed by atoms with Gasteiger partial charge in [-0.3, -0.25) is 0 Å². The summed E-state index contributed by atoms with van der Waals surface area (Å²) in [6.07, 6.45) is 0. The van der Waals surface area contributed by atoms with E-state index in [1.54, 1.807) is 0 Å². The second kappa shape index (κ2) is 3.87. The van der Waals surface area contributed by atoms with Crippen molar-refractivity contribution < 1.29 is 24.5 Å². The Morgan fingerprint density at radius 2 is 1.87 bits per heavy atom. The predicted octanol–water partition coefficient (Wildman–Crippen LogP) is 0.674. The second-order valence-corrected chi connectivity index (χ2v) is 2.72. The molecule has 0 bridgehead atoms. The normalized spacial score (nSPS) is 9.67. The van der Waals surface area contributed by atoms with Gasteiger partial charge in [0.1, 0.15) is 5.56 Å². The van der Waals surface area contributed by atoms with Crippen molar-refractivity contribution >= 4 is 17.6 Å². The first-order chi connectivity index (χ1) is 6.99. The van der Waals surface area contributed by atoms with E-state index < -0.39 is 17.5 Å². The number of nitrogens with two attached hydrogens (primary N) is 1. The number of methoxy groups -OCH3 is 1. The summed E-state index contributed by atoms with van der Waals surface area (Å²) < 4.78 is 4.76. The van der Waals surface area contributed by atoms with E-state index >= 15 is 0 Å². The molecule has 1 rings (SSSR count). The molecule has 4 N–H and O–H groups in total. The number of benzene rings is 1. The molecule has 15 heavy (non-hydrogen) atoms. The molecule has 1 aromatic carbocycles. The molecule has 80 valence electrons. The summed E-state index contributed by atoms with van der Waals surface area (Å²) >= 11 is 0. The van der Waals surface area contributed by atoms with Gasteiger partial charge in [0.25, 0.3) is 0 Å². The van der Waals surface area contributed by atoms with Crippen LogP contribution in [0.25, 0.3) is 0 Å². The molecular weight excluding hydrogens is 202 g/mol. The van der Waals surface area contributed by atoms with Gasteiger partial charge in [0.05, 0.1) is 18.4 Å². The lowest BCUT2D eigenvalue weighted by atomic mass is 10.1. The smallest absolute Gasteiger partial charge is 0.340 e. The van der Waals surface area contributed by atoms with Crippen molar-refractivity contribution in [1.82, 2.24) is 0 Å². The molecule has 6 nitrogen and oxygen atoms in total. The number of anilines is 1. The number of ether oxygens (including phenoxy) is 1. The highest BCUT2D eigenvalue weighted by molar-refractivity contribution is 6.05. The maximum atomic E-state index is 10.9. The summed E-state index contributed by atoms with van der Waals surface area (Å²) in [5, 5.41) is 17.6. The Bertz CT molecular complexity index is 427. The van der Waals surface area contributed by atoms with Gasteiger partial charge in [0.15, 0.2) is 5.75 Å². The number of hydrogen-bond acceptors (Lipinski definition) is 4. The Labute approximate surface area is 84.9 Å². The Hall–Kier alpha value is -2.24. The minimum atomic E-state index is -1.39. The van der Waals surface area contributed by atoms with Crippen LogP contribution in [0.15, 0.2) is 12.1 Å². The van der Waals surface area contributed by atoms with Crippen LogP contribution in [-0.2, 0) is 0 Å². The van der Waals surface area contributed by atoms with Gasteiger partial charge in [-0.25, -0.2) is 9.59 Å². The number of nitrogen functional groups attached to an aromatic ring is 1. The number of carboxylic acids is 2. The average Bonchev–Trinajstić information content (AvgIpc) is 2.16. The monoisotopic (exact) mass is 211 g/mol. The van der Waals surface area contributed by atoms with Gasteiger partial charge in [0, 0.05) is 0 Å². The Morgan fingerprint density at radius 1 is 1.27 bits per heavy atom. The maximum absolute atomic E-state index is 10.9. The van der Waals surface area contributed by atoms with Crippen LogP contribution in [0.1, 0.15) is 20.7 Å². The quantitative estimate of drug-likeness (QED) is 0.634. The molecule has 0 atom stereocenters. The zero-order chi connectivity index (χ0) is 11.6. The molecule has 0 heterocycles. The van der Waals surface area contributed by atoms with Gasteiger partial charge in [-0.2, -0.15) is 0 Å². The van der Waals surface area contributed by atoms with Crippen molar-refractivity contribution in [2.75, 3.05) is 12.8 Å². The van der Waals surface area contributed by atoms with Crippen LogP contribution in [0.5, 0.6) is 5.75 Å². The zero-order valence-corrected chi connectivity index (χ0v) is 7.85. The lowest BCUT2D eigenvalue weighted by Gasteiger charge is -2.10. The molecule has 0 aliphatic rings. The number of aromatic carboxylic acids is 2. The van der Waals surface area contributed by atoms with Gasteiger partial charge in [0.2, 0.25) is 0 Å². The lowest BCUT2D eigenvalue weighted by Crippen LogP contribution is -2.11. The SMILES string of the molecule is COc1c(N)ccc(C(=O)O)c1C(=O)O. The van der Waals surface area contributed by atoms with E-state index in [0.717, 1.165) is 6.07 Å². The van der Waals surface area contributed by atoms with Gasteiger partial charge in [-0.05, 0) is 12.1 Å². The predicted molar refractivity (Wildman–Crippen MR) is 51.3 cm³/mol. The fourth-order valence-electron chi connectivity index (χ4n) is 1.21. The highest BCUT2D eigenvalue weighted by Gasteiger charge is 2.22. The molecule has 0 radical (unpaired) electrons. The van der Waals surface area contributed by atoms with Gasteiger partial charge >= 0.3 is 11.9 Å². The van der Waals surface area contributed by atoms with Gasteiger partial charge < -0.3 is 20.7 Å². The van der Waals surface area contributed by atoms with Crippen molar-refractivity contribution in [2.24, 2.45) is 0 Å². The number of hydrogen-bond donors (Lipinski definition) is 3. The number of rotatable bonds is 3. The van der Waals surface area contributed by atoms with E-state index in [0.29, 0.717) is 0 Å². The Kier molecular flexibility index (Phi) is 2.80. The minimum absolute atomic E-state index is 0.0832. The highest BCUT2D eigenvalue weighted by Crippen LogP contribution is 2.29. The van der Waals surface area contributed by atoms with Crippen molar-refractivity contribution in [3.05, 3.63) is 23.3 Å². The van der Waals surface area contributed by atoms with Crippen molar-refractivity contribution in [2.45, 2.75) is 0 Å². The molecule has 0 aliphatic carbocycles. The third-order valence-electron chi connectivity index (χ3n) is 1.84. The van der Waals surface area contributed by atoms with Crippen LogP contribution in [-0.4, -0.2) is 29.3 Å². The number of carbonyl (C=O) groups is 2. The zero-order valence-electron chi connectivity index (χ0n) is 7.85. The largest absolute Gasteiger partial charge is 0.494 e. The van der Waals surface area contributed by atoms with Crippen LogP contribution in [0.2, 0.25) is 0 Å². The molecule has 0 unspecified atom stereocenters. The highest BCUT2D eigenvalue weighted by atomic mass is 16.5. The standard InChI is InChI=1S/C9H9NO5/c1-15-7-5(10)3-2-4(8(11)12)6(7)9(13)14/h2-3H,10H2,1H3,(H,11,12)(H,13,14). The van der Waals surface area contributed by atoms with E-state index in [4.69, 9.17) is 20.7 Å². The molecule has 0 amide bonds. The molecule has 0 aliphatic heterocycles. The lowest BCUT2D eigenvalue weighted by molar-refractivity contribution is 0.0648. The van der Waals surface area contributed by atoms with E-state index in [2.05, 4.69) is 0 Å². The van der Waals surface area contributed by atoms with E-state index in [1.165, 1.54) is 13.2 Å². The van der Waals surface area contributed by atoms with Crippen LogP contribution >= 0.6 is 0 Å². The summed E-state index contributed by atoms with van der Waals surface area (Å²) in [6.45, 7) is 0. The first-order valence-corrected chi connectivity index (χ1v) is 3.92. The first kappa shape index (κ1) is 10.8. The molecule has 0 fully saturated rings. The summed E-state index contributed by atoms with van der Waals surface area (Å²) in [4.78, 5) is 21.6. The Balaban J connectivity index is 3.56. The van der Waals surface area contributed by atoms with Crippen LogP contribution in [0, 0.1) is 0 Å². The second-order valence-electron chi connectivity index (χ2n) is 2.72. The molecule has 0 saturated carbocycles. The molecule has 0 spiro atoms. The van der Waals surface area contributed by atoms with Crippen LogP contribution < -0.4 is 10.5 Å². The van der Waals surface area contributed by atoms with Crippen LogP contribution in [0.3, 0.4) is 0 Å². The van der Waals surface area contributed by atoms with E-state index in [9.17, 15) is 9.59 Å². The number of carboxylic acid groups (broad SMARTS) is 2. The molecule has 1 aromatic rings. The maximum Gasteiger partial charge on any atom is 0.340 e. The fourth-order valence-corrected chi connectivity index (χ4v) is 1.21. The van der Waals surface area contributed by atoms with Gasteiger partial charge in [-0.1, -0.05) is 0 Å². The van der Waals surface area contributed by atoms with Crippen LogP contribution in [0.4, 0.5) is 5.69 Å². The summed E-state index contributed by atoms with van der Waals surface area (Å²) in [5.74, 6) is -2.87. The first-order valence-electron chi connectivity index (χ1n) is 3.92. The van der Waals surface area contributed by atoms with Crippen molar-refractivity contribution in [3.8, 4) is 5.75 Å². The molecule has 0 aromatic heterocycles. The van der Waals surface area contributed by atoms with Crippen molar-refractivity contribution in [1.29, 1.82) is 0 Å². The third-order valence-corrected chi connectivity index (χ3v) is 1.84. The Morgan fingerprint density at radius 3 is 2.27 bits per heavy atom. The van der Waals surface area contributed by atoms with E-state index in [-0.39, 0.29) is 17.0 Å². The molecule has 6 heteroatoms. The summed E-state index contributed by atoms with van der Waals surface area (Å²) in [6, 6.07) is 2.42. The fraction of sp³-hybridized carbons (Fsp3) is 0.111. The molecular formula is C9H9NO5. The third kappa shape index (κ3) is 1.83. The average molecular weight is 211 g/mol. The summed E-state index contributed by atoms with van der Waals surface area (Å²) in [5.41, 5.74) is 4.75. The minimum Gasteiger partial charge on any atom is -0.494 e. The topological polar surface area (TPSA) is 110 Å². The molecule has 0 saturated heterocycles. The summed E-state index contributed by atoms with van der Waals surface area (Å²) in [7, 11) is 1.23. The van der Waals surface area contributed by atoms with Crippen molar-refractivity contribution in [3.63, 3.8) is 0 Å². The van der Waals surface area contributed by atoms with E-state index in [1.807, 2.05) is 0 Å². The van der Waals surface area contributed by atoms with Gasteiger partial charge in [-0.15, -0.1) is 0 Å².